The number of nitrogens with one attached hydrogen (secondary N) is 1. The Morgan fingerprint density at radius 2 is 2.00 bits per heavy atom. The van der Waals surface area contributed by atoms with E-state index in [9.17, 15) is 0 Å². The summed E-state index contributed by atoms with van der Waals surface area (Å²) >= 11 is 0. The minimum absolute atomic E-state index is 0.107. The highest BCUT2D eigenvalue weighted by Gasteiger charge is 2.11. The molecule has 1 aromatic rings. The predicted molar refractivity (Wildman–Crippen MR) is 78.1 cm³/mol. The molecule has 0 aliphatic rings. The molecule has 2 nitrogen and oxygen atoms in total. The van der Waals surface area contributed by atoms with E-state index in [1.807, 2.05) is 13.0 Å². The highest BCUT2D eigenvalue weighted by atomic mass is 16.5. The Balaban J connectivity index is 2.79. The molecular weight excluding hydrogens is 222 g/mol. The first kappa shape index (κ1) is 14.8. The molecule has 0 aliphatic heterocycles. The second-order valence-electron chi connectivity index (χ2n) is 5.96. The van der Waals surface area contributed by atoms with Crippen LogP contribution in [-0.4, -0.2) is 12.1 Å². The van der Waals surface area contributed by atoms with Crippen molar-refractivity contribution in [1.82, 2.24) is 5.32 Å². The van der Waals surface area contributed by atoms with Gasteiger partial charge in [-0.05, 0) is 46.3 Å². The first-order valence-electron chi connectivity index (χ1n) is 6.40. The number of rotatable bonds is 5. The van der Waals surface area contributed by atoms with E-state index in [4.69, 9.17) is 4.74 Å². The summed E-state index contributed by atoms with van der Waals surface area (Å²) in [4.78, 5) is 0. The third-order valence-corrected chi connectivity index (χ3v) is 2.50. The monoisotopic (exact) mass is 247 g/mol. The number of aryl methyl sites for hydroxylation is 1. The first-order valence-corrected chi connectivity index (χ1v) is 6.40. The van der Waals surface area contributed by atoms with Gasteiger partial charge in [-0.25, -0.2) is 0 Å². The molecule has 0 radical (unpaired) electrons. The third kappa shape index (κ3) is 5.37. The van der Waals surface area contributed by atoms with Crippen LogP contribution in [0.3, 0.4) is 0 Å². The van der Waals surface area contributed by atoms with Gasteiger partial charge in [0.25, 0.3) is 0 Å². The topological polar surface area (TPSA) is 21.3 Å². The quantitative estimate of drug-likeness (QED) is 0.798. The normalized spacial score (nSPS) is 11.4. The molecule has 2 heteroatoms. The van der Waals surface area contributed by atoms with Crippen LogP contribution in [0.2, 0.25) is 0 Å². The Morgan fingerprint density at radius 3 is 2.56 bits per heavy atom. The average molecular weight is 247 g/mol. The zero-order chi connectivity index (χ0) is 13.8. The molecule has 0 heterocycles. The van der Waals surface area contributed by atoms with Crippen molar-refractivity contribution in [2.45, 2.75) is 46.7 Å². The lowest BCUT2D eigenvalue weighted by molar-refractivity contribution is 0.343. The van der Waals surface area contributed by atoms with Gasteiger partial charge in [0.2, 0.25) is 0 Å². The summed E-state index contributed by atoms with van der Waals surface area (Å²) in [6, 6.07) is 6.29. The largest absolute Gasteiger partial charge is 0.489 e. The van der Waals surface area contributed by atoms with Gasteiger partial charge in [-0.1, -0.05) is 24.3 Å². The van der Waals surface area contributed by atoms with Crippen LogP contribution in [0, 0.1) is 6.92 Å². The summed E-state index contributed by atoms with van der Waals surface area (Å²) in [7, 11) is 0. The SMILES string of the molecule is C=C(C)COc1ccc(C)cc1CNC(C)(C)C. The van der Waals surface area contributed by atoms with Crippen molar-refractivity contribution < 1.29 is 4.74 Å². The molecule has 0 saturated heterocycles. The lowest BCUT2D eigenvalue weighted by atomic mass is 10.1. The fourth-order valence-corrected chi connectivity index (χ4v) is 1.55. The maximum absolute atomic E-state index is 5.78. The van der Waals surface area contributed by atoms with Gasteiger partial charge in [0.05, 0.1) is 0 Å². The highest BCUT2D eigenvalue weighted by molar-refractivity contribution is 5.37. The maximum atomic E-state index is 5.78. The van der Waals surface area contributed by atoms with Crippen LogP contribution in [0.1, 0.15) is 38.8 Å². The Morgan fingerprint density at radius 1 is 1.33 bits per heavy atom. The van der Waals surface area contributed by atoms with Crippen molar-refractivity contribution in [3.05, 3.63) is 41.5 Å². The van der Waals surface area contributed by atoms with Crippen LogP contribution in [0.15, 0.2) is 30.4 Å². The Bertz CT molecular complexity index is 416. The summed E-state index contributed by atoms with van der Waals surface area (Å²) in [6.45, 7) is 15.8. The molecule has 0 unspecified atom stereocenters. The molecule has 100 valence electrons. The molecule has 1 N–H and O–H groups in total. The maximum Gasteiger partial charge on any atom is 0.124 e. The lowest BCUT2D eigenvalue weighted by Gasteiger charge is -2.22. The molecule has 1 rings (SSSR count). The van der Waals surface area contributed by atoms with E-state index < -0.39 is 0 Å². The number of hydrogen-bond acceptors (Lipinski definition) is 2. The Kier molecular flexibility index (Phi) is 4.97. The Hall–Kier alpha value is -1.28. The lowest BCUT2D eigenvalue weighted by Crippen LogP contribution is -2.35. The number of ether oxygens (including phenoxy) is 1. The second kappa shape index (κ2) is 6.05. The van der Waals surface area contributed by atoms with Gasteiger partial charge < -0.3 is 10.1 Å². The van der Waals surface area contributed by atoms with Crippen LogP contribution in [-0.2, 0) is 6.54 Å². The van der Waals surface area contributed by atoms with E-state index >= 15 is 0 Å². The van der Waals surface area contributed by atoms with Gasteiger partial charge in [-0.2, -0.15) is 0 Å². The van der Waals surface area contributed by atoms with E-state index in [0.29, 0.717) is 6.61 Å². The standard InChI is InChI=1S/C16H25NO/c1-12(2)11-18-15-8-7-13(3)9-14(15)10-17-16(4,5)6/h7-9,17H,1,10-11H2,2-6H3. The molecule has 0 aromatic heterocycles. The summed E-state index contributed by atoms with van der Waals surface area (Å²) in [6.07, 6.45) is 0. The van der Waals surface area contributed by atoms with E-state index in [-0.39, 0.29) is 5.54 Å². The zero-order valence-electron chi connectivity index (χ0n) is 12.3. The molecule has 0 aliphatic carbocycles. The molecule has 0 fully saturated rings. The van der Waals surface area contributed by atoms with Crippen molar-refractivity contribution in [1.29, 1.82) is 0 Å². The van der Waals surface area contributed by atoms with Crippen molar-refractivity contribution in [3.63, 3.8) is 0 Å². The van der Waals surface area contributed by atoms with Gasteiger partial charge in [0.1, 0.15) is 12.4 Å². The van der Waals surface area contributed by atoms with Gasteiger partial charge in [-0.15, -0.1) is 0 Å². The predicted octanol–water partition coefficient (Wildman–Crippen LogP) is 3.84. The summed E-state index contributed by atoms with van der Waals surface area (Å²) in [5, 5.41) is 3.49. The molecule has 0 bridgehead atoms. The van der Waals surface area contributed by atoms with Gasteiger partial charge in [0.15, 0.2) is 0 Å². The molecule has 1 aromatic carbocycles. The summed E-state index contributed by atoms with van der Waals surface area (Å²) in [5.74, 6) is 0.945. The van der Waals surface area contributed by atoms with E-state index in [2.05, 4.69) is 51.7 Å². The third-order valence-electron chi connectivity index (χ3n) is 2.50. The molecule has 18 heavy (non-hydrogen) atoms. The van der Waals surface area contributed by atoms with Crippen molar-refractivity contribution in [3.8, 4) is 5.75 Å². The van der Waals surface area contributed by atoms with Crippen LogP contribution < -0.4 is 10.1 Å². The molecule has 0 amide bonds. The van der Waals surface area contributed by atoms with Crippen molar-refractivity contribution >= 4 is 0 Å². The summed E-state index contributed by atoms with van der Waals surface area (Å²) in [5.41, 5.74) is 3.59. The fraction of sp³-hybridized carbons (Fsp3) is 0.500. The van der Waals surface area contributed by atoms with Crippen LogP contribution >= 0.6 is 0 Å². The zero-order valence-corrected chi connectivity index (χ0v) is 12.3. The minimum Gasteiger partial charge on any atom is -0.489 e. The average Bonchev–Trinajstić information content (AvgIpc) is 2.23. The first-order chi connectivity index (χ1) is 8.28. The fourth-order valence-electron chi connectivity index (χ4n) is 1.55. The molecule has 0 atom stereocenters. The van der Waals surface area contributed by atoms with Crippen LogP contribution in [0.25, 0.3) is 0 Å². The second-order valence-corrected chi connectivity index (χ2v) is 5.96. The van der Waals surface area contributed by atoms with Crippen molar-refractivity contribution in [2.75, 3.05) is 6.61 Å². The smallest absolute Gasteiger partial charge is 0.124 e. The molecule has 0 spiro atoms. The van der Waals surface area contributed by atoms with Gasteiger partial charge in [-0.3, -0.25) is 0 Å². The van der Waals surface area contributed by atoms with Gasteiger partial charge in [0, 0.05) is 17.6 Å². The molecular formula is C16H25NO. The van der Waals surface area contributed by atoms with Crippen LogP contribution in [0.4, 0.5) is 0 Å². The number of hydrogen-bond donors (Lipinski definition) is 1. The van der Waals surface area contributed by atoms with Crippen LogP contribution in [0.5, 0.6) is 5.75 Å². The van der Waals surface area contributed by atoms with E-state index in [1.165, 1.54) is 11.1 Å². The van der Waals surface area contributed by atoms with Gasteiger partial charge >= 0.3 is 0 Å². The summed E-state index contributed by atoms with van der Waals surface area (Å²) < 4.78 is 5.78. The molecule has 0 saturated carbocycles. The van der Waals surface area contributed by atoms with E-state index in [0.717, 1.165) is 17.9 Å². The van der Waals surface area contributed by atoms with Crippen molar-refractivity contribution in [2.24, 2.45) is 0 Å². The minimum atomic E-state index is 0.107. The Labute approximate surface area is 111 Å². The van der Waals surface area contributed by atoms with E-state index in [1.54, 1.807) is 0 Å². The number of benzene rings is 1. The highest BCUT2D eigenvalue weighted by Crippen LogP contribution is 2.21.